The minimum Gasteiger partial charge on any atom is -0.466 e. The Morgan fingerprint density at radius 2 is 2.14 bits per heavy atom. The zero-order valence-electron chi connectivity index (χ0n) is 4.43. The molecule has 0 radical (unpaired) electrons. The first kappa shape index (κ1) is 9.64. The van der Waals surface area contributed by atoms with Gasteiger partial charge in [0.25, 0.3) is 0 Å². The molecule has 0 heterocycles. The van der Waals surface area contributed by atoms with Crippen molar-refractivity contribution < 1.29 is 14.2 Å². The van der Waals surface area contributed by atoms with Crippen molar-refractivity contribution in [1.82, 2.24) is 0 Å². The van der Waals surface area contributed by atoms with Gasteiger partial charge in [0.1, 0.15) is 0 Å². The van der Waals surface area contributed by atoms with E-state index in [1.807, 2.05) is 0 Å². The van der Waals surface area contributed by atoms with Crippen molar-refractivity contribution in [3.05, 3.63) is 0 Å². The smallest absolute Gasteiger partial charge is 0.302 e. The summed E-state index contributed by atoms with van der Waals surface area (Å²) in [6.07, 6.45) is 0. The largest absolute Gasteiger partial charge is 0.466 e. The number of halogens is 1. The molecule has 0 rings (SSSR count). The van der Waals surface area contributed by atoms with Crippen molar-refractivity contribution in [1.29, 1.82) is 0 Å². The van der Waals surface area contributed by atoms with Crippen LogP contribution in [0.4, 0.5) is 4.70 Å². The van der Waals surface area contributed by atoms with Crippen molar-refractivity contribution in [2.24, 2.45) is 0 Å². The summed E-state index contributed by atoms with van der Waals surface area (Å²) in [7, 11) is 0. The van der Waals surface area contributed by atoms with Crippen LogP contribution in [0.25, 0.3) is 0 Å². The second-order valence-corrected chi connectivity index (χ2v) is 0.925. The molecule has 0 fully saturated rings. The predicted octanol–water partition coefficient (Wildman–Crippen LogP) is 0.722. The Bertz CT molecular complexity index is 53.7. The van der Waals surface area contributed by atoms with Crippen LogP contribution in [0.15, 0.2) is 0 Å². The zero-order chi connectivity index (χ0) is 4.99. The standard InChI is InChI=1S/C4H8O2.FH/c1-3-6-4(2)5;/h3H2,1-2H3;1H. The van der Waals surface area contributed by atoms with E-state index in [0.717, 1.165) is 0 Å². The summed E-state index contributed by atoms with van der Waals surface area (Å²) in [5.41, 5.74) is 0. The summed E-state index contributed by atoms with van der Waals surface area (Å²) in [6.45, 7) is 3.65. The van der Waals surface area contributed by atoms with Crippen LogP contribution >= 0.6 is 0 Å². The quantitative estimate of drug-likeness (QED) is 0.463. The Morgan fingerprint density at radius 3 is 2.14 bits per heavy atom. The molecule has 3 heteroatoms. The third-order valence-electron chi connectivity index (χ3n) is 0.348. The van der Waals surface area contributed by atoms with E-state index >= 15 is 0 Å². The molecular weight excluding hydrogens is 99.0 g/mol. The molecule has 0 bridgehead atoms. The lowest BCUT2D eigenvalue weighted by Gasteiger charge is -1.89. The van der Waals surface area contributed by atoms with Crippen LogP contribution < -0.4 is 0 Å². The van der Waals surface area contributed by atoms with Crippen molar-refractivity contribution in [3.63, 3.8) is 0 Å². The van der Waals surface area contributed by atoms with Crippen LogP contribution in [0.3, 0.4) is 0 Å². The van der Waals surface area contributed by atoms with Gasteiger partial charge in [0.05, 0.1) is 6.61 Å². The first-order valence-electron chi connectivity index (χ1n) is 1.90. The van der Waals surface area contributed by atoms with Gasteiger partial charge in [-0.2, -0.15) is 0 Å². The molecule has 0 N–H and O–H groups in total. The average molecular weight is 108 g/mol. The molecule has 0 aromatic heterocycles. The normalized spacial score (nSPS) is 6.57. The Kier molecular flexibility index (Phi) is 7.44. The third-order valence-corrected chi connectivity index (χ3v) is 0.348. The molecular formula is C4H9FO2. The highest BCUT2D eigenvalue weighted by Crippen LogP contribution is 1.69. The van der Waals surface area contributed by atoms with Gasteiger partial charge < -0.3 is 4.74 Å². The van der Waals surface area contributed by atoms with Crippen molar-refractivity contribution in [2.75, 3.05) is 6.61 Å². The Labute approximate surface area is 41.8 Å². The summed E-state index contributed by atoms with van der Waals surface area (Å²) in [4.78, 5) is 9.82. The second-order valence-electron chi connectivity index (χ2n) is 0.925. The van der Waals surface area contributed by atoms with Gasteiger partial charge in [0.2, 0.25) is 0 Å². The number of carbonyl (C=O) groups excluding carboxylic acids is 1. The lowest BCUT2D eigenvalue weighted by Crippen LogP contribution is -1.95. The predicted molar refractivity (Wildman–Crippen MR) is 24.8 cm³/mol. The number of hydrogen-bond donors (Lipinski definition) is 0. The molecule has 0 unspecified atom stereocenters. The first-order valence-corrected chi connectivity index (χ1v) is 1.90. The van der Waals surface area contributed by atoms with E-state index in [1.54, 1.807) is 6.92 Å². The molecule has 0 aromatic carbocycles. The van der Waals surface area contributed by atoms with E-state index in [2.05, 4.69) is 4.74 Å². The van der Waals surface area contributed by atoms with Gasteiger partial charge in [0.15, 0.2) is 0 Å². The van der Waals surface area contributed by atoms with Crippen LogP contribution in [0.2, 0.25) is 0 Å². The fourth-order valence-electron chi connectivity index (χ4n) is 0.203. The molecule has 2 nitrogen and oxygen atoms in total. The minimum absolute atomic E-state index is 0. The van der Waals surface area contributed by atoms with Gasteiger partial charge in [-0.3, -0.25) is 9.50 Å². The zero-order valence-corrected chi connectivity index (χ0v) is 4.43. The van der Waals surface area contributed by atoms with Gasteiger partial charge in [0, 0.05) is 6.92 Å². The topological polar surface area (TPSA) is 26.3 Å². The number of carbonyl (C=O) groups is 1. The summed E-state index contributed by atoms with van der Waals surface area (Å²) in [5, 5.41) is 0. The van der Waals surface area contributed by atoms with E-state index in [4.69, 9.17) is 0 Å². The van der Waals surface area contributed by atoms with E-state index < -0.39 is 0 Å². The van der Waals surface area contributed by atoms with Crippen LogP contribution in [0, 0.1) is 0 Å². The third kappa shape index (κ3) is 10.8. The van der Waals surface area contributed by atoms with Gasteiger partial charge in [-0.15, -0.1) is 0 Å². The van der Waals surface area contributed by atoms with Crippen molar-refractivity contribution >= 4 is 5.97 Å². The highest BCUT2D eigenvalue weighted by Gasteiger charge is 1.81. The molecule has 0 aliphatic carbocycles. The Hall–Kier alpha value is -0.600. The summed E-state index contributed by atoms with van der Waals surface area (Å²) in [5.74, 6) is -0.211. The molecule has 0 atom stereocenters. The maximum atomic E-state index is 9.82. The lowest BCUT2D eigenvalue weighted by atomic mass is 10.8. The average Bonchev–Trinajstić information content (AvgIpc) is 1.35. The highest BCUT2D eigenvalue weighted by atomic mass is 19.0. The number of esters is 1. The maximum absolute atomic E-state index is 9.82. The first-order chi connectivity index (χ1) is 2.77. The molecule has 7 heavy (non-hydrogen) atoms. The fraction of sp³-hybridized carbons (Fsp3) is 0.750. The molecule has 0 aliphatic rings. The van der Waals surface area contributed by atoms with E-state index in [0.29, 0.717) is 6.61 Å². The molecule has 44 valence electrons. The summed E-state index contributed by atoms with van der Waals surface area (Å²) in [6, 6.07) is 0. The second kappa shape index (κ2) is 5.40. The van der Waals surface area contributed by atoms with Crippen LogP contribution in [-0.4, -0.2) is 12.6 Å². The maximum Gasteiger partial charge on any atom is 0.302 e. The van der Waals surface area contributed by atoms with Crippen LogP contribution in [0.1, 0.15) is 13.8 Å². The van der Waals surface area contributed by atoms with Gasteiger partial charge >= 0.3 is 5.97 Å². The SMILES string of the molecule is CCOC(C)=O.F. The van der Waals surface area contributed by atoms with Gasteiger partial charge in [-0.1, -0.05) is 0 Å². The van der Waals surface area contributed by atoms with Crippen LogP contribution in [-0.2, 0) is 9.53 Å². The molecule has 0 aliphatic heterocycles. The highest BCUT2D eigenvalue weighted by molar-refractivity contribution is 5.65. The number of ether oxygens (including phenoxy) is 1. The molecule has 0 aromatic rings. The van der Waals surface area contributed by atoms with Crippen LogP contribution in [0.5, 0.6) is 0 Å². The number of rotatable bonds is 1. The van der Waals surface area contributed by atoms with Crippen molar-refractivity contribution in [2.45, 2.75) is 13.8 Å². The molecule has 0 spiro atoms. The Balaban J connectivity index is 0. The summed E-state index contributed by atoms with van der Waals surface area (Å²) < 4.78 is 4.40. The molecule has 0 saturated heterocycles. The minimum atomic E-state index is -0.211. The number of hydrogen-bond acceptors (Lipinski definition) is 2. The molecule has 0 amide bonds. The van der Waals surface area contributed by atoms with Crippen molar-refractivity contribution in [3.8, 4) is 0 Å². The van der Waals surface area contributed by atoms with E-state index in [9.17, 15) is 4.79 Å². The van der Waals surface area contributed by atoms with E-state index in [-0.39, 0.29) is 10.7 Å². The fourth-order valence-corrected chi connectivity index (χ4v) is 0.203. The summed E-state index contributed by atoms with van der Waals surface area (Å²) >= 11 is 0. The van der Waals surface area contributed by atoms with E-state index in [1.165, 1.54) is 6.92 Å². The molecule has 0 saturated carbocycles. The Morgan fingerprint density at radius 1 is 1.71 bits per heavy atom. The lowest BCUT2D eigenvalue weighted by molar-refractivity contribution is -0.140. The van der Waals surface area contributed by atoms with Gasteiger partial charge in [-0.05, 0) is 6.92 Å². The van der Waals surface area contributed by atoms with Gasteiger partial charge in [-0.25, -0.2) is 0 Å². The monoisotopic (exact) mass is 108 g/mol.